The Morgan fingerprint density at radius 2 is 1.78 bits per heavy atom. The van der Waals surface area contributed by atoms with Crippen LogP contribution in [-0.2, 0) is 9.53 Å². The summed E-state index contributed by atoms with van der Waals surface area (Å²) in [5.74, 6) is -0.691. The van der Waals surface area contributed by atoms with Crippen molar-refractivity contribution in [1.82, 2.24) is 0 Å². The predicted molar refractivity (Wildman–Crippen MR) is 97.7 cm³/mol. The molecule has 1 N–H and O–H groups in total. The molecule has 0 saturated heterocycles. The van der Waals surface area contributed by atoms with Crippen LogP contribution >= 0.6 is 0 Å². The number of allylic oxidation sites excluding steroid dienone is 5. The summed E-state index contributed by atoms with van der Waals surface area (Å²) in [6.45, 7) is 2.18. The van der Waals surface area contributed by atoms with Crippen molar-refractivity contribution in [3.8, 4) is 0 Å². The molecule has 0 aliphatic carbocycles. The van der Waals surface area contributed by atoms with E-state index in [4.69, 9.17) is 9.84 Å². The molecule has 0 radical (unpaired) electrons. The average Bonchev–Trinajstić information content (AvgIpc) is 2.54. The van der Waals surface area contributed by atoms with Gasteiger partial charge in [-0.3, -0.25) is 4.79 Å². The van der Waals surface area contributed by atoms with Crippen LogP contribution in [0.3, 0.4) is 0 Å². The molecule has 1 atom stereocenters. The van der Waals surface area contributed by atoms with E-state index in [9.17, 15) is 4.79 Å². The molecule has 1 unspecified atom stereocenters. The Morgan fingerprint density at radius 1 is 1.04 bits per heavy atom. The minimum absolute atomic E-state index is 0.175. The van der Waals surface area contributed by atoms with Crippen molar-refractivity contribution in [1.29, 1.82) is 0 Å². The van der Waals surface area contributed by atoms with Crippen LogP contribution in [0, 0.1) is 0 Å². The highest BCUT2D eigenvalue weighted by Crippen LogP contribution is 2.11. The Bertz CT molecular complexity index is 356. The lowest BCUT2D eigenvalue weighted by atomic mass is 10.1. The van der Waals surface area contributed by atoms with E-state index in [0.717, 1.165) is 51.4 Å². The number of methoxy groups -OCH3 is 1. The van der Waals surface area contributed by atoms with E-state index < -0.39 is 5.97 Å². The van der Waals surface area contributed by atoms with Crippen molar-refractivity contribution in [3.63, 3.8) is 0 Å². The van der Waals surface area contributed by atoms with E-state index in [-0.39, 0.29) is 6.10 Å². The monoisotopic (exact) mass is 322 g/mol. The molecule has 0 heterocycles. The van der Waals surface area contributed by atoms with Crippen molar-refractivity contribution < 1.29 is 14.6 Å². The second-order valence-electron chi connectivity index (χ2n) is 5.78. The molecule has 0 amide bonds. The summed E-state index contributed by atoms with van der Waals surface area (Å²) < 4.78 is 5.46. The third kappa shape index (κ3) is 16.8. The molecule has 132 valence electrons. The van der Waals surface area contributed by atoms with Gasteiger partial charge in [0.25, 0.3) is 0 Å². The first kappa shape index (κ1) is 21.6. The lowest BCUT2D eigenvalue weighted by Crippen LogP contribution is -2.06. The average molecular weight is 322 g/mol. The topological polar surface area (TPSA) is 46.5 Å². The molecule has 0 fully saturated rings. The molecular weight excluding hydrogens is 288 g/mol. The molecule has 0 bridgehead atoms. The molecule has 0 aromatic heterocycles. The third-order valence-corrected chi connectivity index (χ3v) is 3.65. The van der Waals surface area contributed by atoms with Gasteiger partial charge >= 0.3 is 5.97 Å². The van der Waals surface area contributed by atoms with Gasteiger partial charge < -0.3 is 9.84 Å². The Balaban J connectivity index is 3.66. The zero-order chi connectivity index (χ0) is 17.2. The fraction of sp³-hybridized carbons (Fsp3) is 0.650. The molecule has 0 rings (SSSR count). The molecule has 0 saturated carbocycles. The zero-order valence-corrected chi connectivity index (χ0v) is 14.9. The highest BCUT2D eigenvalue weighted by Gasteiger charge is 2.02. The van der Waals surface area contributed by atoms with E-state index in [0.29, 0.717) is 6.42 Å². The summed E-state index contributed by atoms with van der Waals surface area (Å²) in [6.07, 6.45) is 22.8. The smallest absolute Gasteiger partial charge is 0.303 e. The van der Waals surface area contributed by atoms with Crippen LogP contribution in [0.4, 0.5) is 0 Å². The minimum Gasteiger partial charge on any atom is -0.481 e. The number of ether oxygens (including phenoxy) is 1. The van der Waals surface area contributed by atoms with Gasteiger partial charge in [0.1, 0.15) is 0 Å². The molecule has 3 nitrogen and oxygen atoms in total. The molecule has 0 spiro atoms. The number of carbonyl (C=O) groups is 1. The quantitative estimate of drug-likeness (QED) is 0.240. The van der Waals surface area contributed by atoms with Gasteiger partial charge in [-0.05, 0) is 25.7 Å². The van der Waals surface area contributed by atoms with E-state index >= 15 is 0 Å². The zero-order valence-electron chi connectivity index (χ0n) is 14.9. The summed E-state index contributed by atoms with van der Waals surface area (Å²) >= 11 is 0. The van der Waals surface area contributed by atoms with E-state index in [1.807, 2.05) is 0 Å². The first-order valence-corrected chi connectivity index (χ1v) is 8.93. The van der Waals surface area contributed by atoms with Gasteiger partial charge in [0.05, 0.1) is 6.10 Å². The molecule has 0 aliphatic rings. The van der Waals surface area contributed by atoms with Gasteiger partial charge in [-0.2, -0.15) is 0 Å². The number of unbranched alkanes of at least 4 members (excludes halogenated alkanes) is 5. The van der Waals surface area contributed by atoms with Gasteiger partial charge in [-0.1, -0.05) is 75.5 Å². The summed E-state index contributed by atoms with van der Waals surface area (Å²) in [4.78, 5) is 10.4. The molecule has 0 aliphatic heterocycles. The van der Waals surface area contributed by atoms with Crippen molar-refractivity contribution in [2.45, 2.75) is 77.2 Å². The van der Waals surface area contributed by atoms with Crippen molar-refractivity contribution >= 4 is 5.97 Å². The van der Waals surface area contributed by atoms with Crippen LogP contribution in [0.25, 0.3) is 0 Å². The van der Waals surface area contributed by atoms with Gasteiger partial charge in [0.2, 0.25) is 0 Å². The first-order chi connectivity index (χ1) is 11.2. The molecular formula is C20H34O3. The third-order valence-electron chi connectivity index (χ3n) is 3.65. The lowest BCUT2D eigenvalue weighted by Gasteiger charge is -2.10. The largest absolute Gasteiger partial charge is 0.481 e. The summed E-state index contributed by atoms with van der Waals surface area (Å²) in [7, 11) is 1.75. The number of rotatable bonds is 15. The minimum atomic E-state index is -0.691. The maximum Gasteiger partial charge on any atom is 0.303 e. The Labute approximate surface area is 142 Å². The van der Waals surface area contributed by atoms with Crippen LogP contribution in [0.15, 0.2) is 36.5 Å². The summed E-state index contributed by atoms with van der Waals surface area (Å²) in [6, 6.07) is 0. The van der Waals surface area contributed by atoms with Gasteiger partial charge in [0, 0.05) is 13.5 Å². The number of carboxylic acids is 1. The summed E-state index contributed by atoms with van der Waals surface area (Å²) in [5, 5.41) is 8.56. The number of carboxylic acid groups (broad SMARTS) is 1. The molecule has 3 heteroatoms. The Kier molecular flexibility index (Phi) is 16.0. The summed E-state index contributed by atoms with van der Waals surface area (Å²) in [5.41, 5.74) is 0. The van der Waals surface area contributed by atoms with Crippen LogP contribution in [-0.4, -0.2) is 24.3 Å². The van der Waals surface area contributed by atoms with Crippen LogP contribution < -0.4 is 0 Å². The molecule has 0 aromatic rings. The van der Waals surface area contributed by atoms with E-state index in [1.165, 1.54) is 6.42 Å². The Hall–Kier alpha value is -1.35. The van der Waals surface area contributed by atoms with E-state index in [2.05, 4.69) is 43.4 Å². The second kappa shape index (κ2) is 17.0. The Morgan fingerprint density at radius 3 is 2.48 bits per heavy atom. The van der Waals surface area contributed by atoms with Gasteiger partial charge in [-0.15, -0.1) is 0 Å². The fourth-order valence-corrected chi connectivity index (χ4v) is 2.25. The van der Waals surface area contributed by atoms with Gasteiger partial charge in [-0.25, -0.2) is 0 Å². The SMILES string of the molecule is CCCC=CCC=CC=CC(CCCCCCCC(=O)O)OC. The van der Waals surface area contributed by atoms with Crippen molar-refractivity contribution in [2.24, 2.45) is 0 Å². The van der Waals surface area contributed by atoms with Gasteiger partial charge in [0.15, 0.2) is 0 Å². The number of aliphatic carboxylic acids is 1. The standard InChI is InChI=1S/C20H34O3/c1-3-4-5-6-7-8-10-13-16-19(23-2)17-14-11-9-12-15-18-20(21)22/h5-6,8,10,13,16,19H,3-4,7,9,11-12,14-15,17-18H2,1-2H3,(H,21,22). The highest BCUT2D eigenvalue weighted by atomic mass is 16.5. The fourth-order valence-electron chi connectivity index (χ4n) is 2.25. The lowest BCUT2D eigenvalue weighted by molar-refractivity contribution is -0.137. The normalized spacial score (nSPS) is 13.5. The number of hydrogen-bond donors (Lipinski definition) is 1. The maximum absolute atomic E-state index is 10.4. The number of hydrogen-bond acceptors (Lipinski definition) is 2. The maximum atomic E-state index is 10.4. The molecule has 23 heavy (non-hydrogen) atoms. The van der Waals surface area contributed by atoms with E-state index in [1.54, 1.807) is 7.11 Å². The van der Waals surface area contributed by atoms with Crippen LogP contribution in [0.5, 0.6) is 0 Å². The second-order valence-corrected chi connectivity index (χ2v) is 5.78. The first-order valence-electron chi connectivity index (χ1n) is 8.93. The highest BCUT2D eigenvalue weighted by molar-refractivity contribution is 5.66. The molecule has 0 aromatic carbocycles. The van der Waals surface area contributed by atoms with Crippen LogP contribution in [0.1, 0.15) is 71.1 Å². The van der Waals surface area contributed by atoms with Crippen LogP contribution in [0.2, 0.25) is 0 Å². The predicted octanol–water partition coefficient (Wildman–Crippen LogP) is 5.68. The van der Waals surface area contributed by atoms with Crippen molar-refractivity contribution in [2.75, 3.05) is 7.11 Å². The van der Waals surface area contributed by atoms with Crippen molar-refractivity contribution in [3.05, 3.63) is 36.5 Å².